The Balaban J connectivity index is 1.50. The first kappa shape index (κ1) is 20.8. The van der Waals surface area contributed by atoms with Crippen molar-refractivity contribution in [3.63, 3.8) is 0 Å². The molecule has 0 spiro atoms. The number of carbonyl (C=O) groups excluding carboxylic acids is 1. The molecular formula is C22H17F3N4OS. The number of hydrogen-bond acceptors (Lipinski definition) is 4. The molecule has 0 unspecified atom stereocenters. The molecule has 5 nitrogen and oxygen atoms in total. The highest BCUT2D eigenvalue weighted by Gasteiger charge is 2.30. The van der Waals surface area contributed by atoms with Gasteiger partial charge < -0.3 is 5.32 Å². The van der Waals surface area contributed by atoms with Gasteiger partial charge in [-0.1, -0.05) is 24.3 Å². The Morgan fingerprint density at radius 3 is 2.58 bits per heavy atom. The number of halogens is 3. The van der Waals surface area contributed by atoms with Crippen molar-refractivity contribution < 1.29 is 18.0 Å². The lowest BCUT2D eigenvalue weighted by Crippen LogP contribution is -2.12. The summed E-state index contributed by atoms with van der Waals surface area (Å²) in [5, 5.41) is 7.53. The Bertz CT molecular complexity index is 1200. The molecule has 9 heteroatoms. The Morgan fingerprint density at radius 2 is 1.90 bits per heavy atom. The third-order valence-corrected chi connectivity index (χ3v) is 5.76. The van der Waals surface area contributed by atoms with Gasteiger partial charge in [0, 0.05) is 23.6 Å². The molecule has 0 aliphatic heterocycles. The van der Waals surface area contributed by atoms with Gasteiger partial charge in [-0.05, 0) is 42.8 Å². The van der Waals surface area contributed by atoms with Crippen LogP contribution in [0.1, 0.15) is 26.5 Å². The highest BCUT2D eigenvalue weighted by Crippen LogP contribution is 2.33. The number of thiazole rings is 1. The first-order valence-electron chi connectivity index (χ1n) is 9.32. The molecule has 1 N–H and O–H groups in total. The zero-order valence-corrected chi connectivity index (χ0v) is 17.2. The second-order valence-electron chi connectivity index (χ2n) is 6.87. The topological polar surface area (TPSA) is 59.8 Å². The van der Waals surface area contributed by atoms with Gasteiger partial charge in [-0.3, -0.25) is 9.48 Å². The summed E-state index contributed by atoms with van der Waals surface area (Å²) in [5.41, 5.74) is 1.94. The summed E-state index contributed by atoms with van der Waals surface area (Å²) < 4.78 is 40.1. The van der Waals surface area contributed by atoms with Crippen LogP contribution in [-0.2, 0) is 12.7 Å². The summed E-state index contributed by atoms with van der Waals surface area (Å²) in [6, 6.07) is 14.0. The lowest BCUT2D eigenvalue weighted by Gasteiger charge is -2.07. The molecule has 0 aliphatic carbocycles. The van der Waals surface area contributed by atoms with Gasteiger partial charge in [0.05, 0.1) is 17.8 Å². The van der Waals surface area contributed by atoms with Gasteiger partial charge in [-0.2, -0.15) is 18.3 Å². The van der Waals surface area contributed by atoms with E-state index in [9.17, 15) is 18.0 Å². The van der Waals surface area contributed by atoms with E-state index in [1.807, 2.05) is 30.5 Å². The molecule has 2 aromatic heterocycles. The number of nitrogens with zero attached hydrogens (tertiary/aromatic N) is 3. The van der Waals surface area contributed by atoms with Crippen LogP contribution in [0.4, 0.5) is 18.9 Å². The molecule has 0 aliphatic rings. The number of nitrogens with one attached hydrogen (secondary N) is 1. The largest absolute Gasteiger partial charge is 0.416 e. The van der Waals surface area contributed by atoms with Crippen molar-refractivity contribution in [1.29, 1.82) is 0 Å². The normalized spacial score (nSPS) is 11.5. The van der Waals surface area contributed by atoms with Crippen LogP contribution in [-0.4, -0.2) is 20.7 Å². The summed E-state index contributed by atoms with van der Waals surface area (Å²) in [5.74, 6) is -0.315. The van der Waals surface area contributed by atoms with Crippen LogP contribution in [0.15, 0.2) is 67.0 Å². The number of benzene rings is 2. The molecule has 0 atom stereocenters. The highest BCUT2D eigenvalue weighted by molar-refractivity contribution is 7.17. The maximum Gasteiger partial charge on any atom is 0.416 e. The standard InChI is InChI=1S/C22H17F3N4OS/c1-14-19(31-21(27-14)16-6-8-17(9-7-16)22(23,24)25)20(30)28-18-5-2-4-15(12-18)13-29-11-3-10-26-29/h2-12H,13H2,1H3,(H,28,30). The highest BCUT2D eigenvalue weighted by atomic mass is 32.1. The predicted molar refractivity (Wildman–Crippen MR) is 113 cm³/mol. The molecule has 158 valence electrons. The minimum absolute atomic E-state index is 0.315. The first-order valence-corrected chi connectivity index (χ1v) is 10.1. The van der Waals surface area contributed by atoms with Gasteiger partial charge >= 0.3 is 6.18 Å². The van der Waals surface area contributed by atoms with Crippen molar-refractivity contribution in [1.82, 2.24) is 14.8 Å². The van der Waals surface area contributed by atoms with Crippen molar-refractivity contribution >= 4 is 22.9 Å². The molecule has 0 fully saturated rings. The van der Waals surface area contributed by atoms with Gasteiger partial charge in [0.2, 0.25) is 0 Å². The summed E-state index contributed by atoms with van der Waals surface area (Å²) in [6.07, 6.45) is -0.838. The van der Waals surface area contributed by atoms with E-state index in [0.29, 0.717) is 33.4 Å². The van der Waals surface area contributed by atoms with Crippen molar-refractivity contribution in [3.8, 4) is 10.6 Å². The predicted octanol–water partition coefficient (Wildman–Crippen LogP) is 5.63. The van der Waals surface area contributed by atoms with Crippen LogP contribution in [0.3, 0.4) is 0 Å². The number of amides is 1. The summed E-state index contributed by atoms with van der Waals surface area (Å²) in [6.45, 7) is 2.28. The molecule has 2 heterocycles. The quantitative estimate of drug-likeness (QED) is 0.436. The maximum atomic E-state index is 12.8. The number of anilines is 1. The van der Waals surface area contributed by atoms with Crippen molar-refractivity contribution in [2.75, 3.05) is 5.32 Å². The maximum absolute atomic E-state index is 12.8. The average molecular weight is 442 g/mol. The van der Waals surface area contributed by atoms with E-state index in [0.717, 1.165) is 29.0 Å². The van der Waals surface area contributed by atoms with Crippen molar-refractivity contribution in [2.24, 2.45) is 0 Å². The third-order valence-electron chi connectivity index (χ3n) is 4.55. The zero-order valence-electron chi connectivity index (χ0n) is 16.3. The zero-order chi connectivity index (χ0) is 22.0. The van der Waals surface area contributed by atoms with E-state index >= 15 is 0 Å². The second kappa shape index (κ2) is 8.35. The van der Waals surface area contributed by atoms with Crippen molar-refractivity contribution in [3.05, 3.63) is 88.7 Å². The van der Waals surface area contributed by atoms with Crippen LogP contribution in [0.25, 0.3) is 10.6 Å². The fraction of sp³-hybridized carbons (Fsp3) is 0.136. The summed E-state index contributed by atoms with van der Waals surface area (Å²) >= 11 is 1.14. The molecule has 4 rings (SSSR count). The minimum atomic E-state index is -4.39. The number of aromatic nitrogens is 3. The monoisotopic (exact) mass is 442 g/mol. The number of hydrogen-bond donors (Lipinski definition) is 1. The molecule has 0 bridgehead atoms. The van der Waals surface area contributed by atoms with Gasteiger partial charge in [0.15, 0.2) is 0 Å². The summed E-state index contributed by atoms with van der Waals surface area (Å²) in [4.78, 5) is 17.6. The Kier molecular flexibility index (Phi) is 5.60. The SMILES string of the molecule is Cc1nc(-c2ccc(C(F)(F)F)cc2)sc1C(=O)Nc1cccc(Cn2cccn2)c1. The lowest BCUT2D eigenvalue weighted by atomic mass is 10.1. The number of aryl methyl sites for hydroxylation is 1. The molecular weight excluding hydrogens is 425 g/mol. The smallest absolute Gasteiger partial charge is 0.321 e. The van der Waals surface area contributed by atoms with Gasteiger partial charge in [0.1, 0.15) is 9.88 Å². The number of carbonyl (C=O) groups is 1. The number of rotatable bonds is 5. The van der Waals surface area contributed by atoms with E-state index in [2.05, 4.69) is 15.4 Å². The second-order valence-corrected chi connectivity index (χ2v) is 7.87. The van der Waals surface area contributed by atoms with Gasteiger partial charge in [-0.25, -0.2) is 4.98 Å². The van der Waals surface area contributed by atoms with Crippen LogP contribution >= 0.6 is 11.3 Å². The average Bonchev–Trinajstić information content (AvgIpc) is 3.37. The third kappa shape index (κ3) is 4.83. The van der Waals surface area contributed by atoms with E-state index in [4.69, 9.17) is 0 Å². The molecule has 0 radical (unpaired) electrons. The van der Waals surface area contributed by atoms with Crippen LogP contribution < -0.4 is 5.32 Å². The molecule has 2 aromatic carbocycles. The van der Waals surface area contributed by atoms with Crippen LogP contribution in [0.2, 0.25) is 0 Å². The minimum Gasteiger partial charge on any atom is -0.321 e. The van der Waals surface area contributed by atoms with E-state index in [-0.39, 0.29) is 5.91 Å². The van der Waals surface area contributed by atoms with Gasteiger partial charge in [0.25, 0.3) is 5.91 Å². The van der Waals surface area contributed by atoms with Crippen LogP contribution in [0.5, 0.6) is 0 Å². The van der Waals surface area contributed by atoms with Crippen LogP contribution in [0, 0.1) is 6.92 Å². The lowest BCUT2D eigenvalue weighted by molar-refractivity contribution is -0.137. The van der Waals surface area contributed by atoms with E-state index in [1.165, 1.54) is 12.1 Å². The Labute approximate surface area is 180 Å². The Morgan fingerprint density at radius 1 is 1.13 bits per heavy atom. The fourth-order valence-electron chi connectivity index (χ4n) is 3.05. The molecule has 0 saturated heterocycles. The van der Waals surface area contributed by atoms with E-state index in [1.54, 1.807) is 23.9 Å². The molecule has 1 amide bonds. The number of alkyl halides is 3. The van der Waals surface area contributed by atoms with E-state index < -0.39 is 11.7 Å². The van der Waals surface area contributed by atoms with Crippen molar-refractivity contribution in [2.45, 2.75) is 19.6 Å². The molecule has 0 saturated carbocycles. The first-order chi connectivity index (χ1) is 14.8. The molecule has 31 heavy (non-hydrogen) atoms. The molecule has 4 aromatic rings. The summed E-state index contributed by atoms with van der Waals surface area (Å²) in [7, 11) is 0. The van der Waals surface area contributed by atoms with Gasteiger partial charge in [-0.15, -0.1) is 11.3 Å². The fourth-order valence-corrected chi connectivity index (χ4v) is 4.02. The Hall–Kier alpha value is -3.46.